The summed E-state index contributed by atoms with van der Waals surface area (Å²) in [5.41, 5.74) is 17.7. The van der Waals surface area contributed by atoms with Gasteiger partial charge in [0.25, 0.3) is 0 Å². The van der Waals surface area contributed by atoms with Gasteiger partial charge < -0.3 is 4.57 Å². The number of hydrogen-bond donors (Lipinski definition) is 0. The van der Waals surface area contributed by atoms with Gasteiger partial charge in [0.1, 0.15) is 0 Å². The monoisotopic (exact) mass is 699 g/mol. The van der Waals surface area contributed by atoms with Crippen LogP contribution < -0.4 is 0 Å². The van der Waals surface area contributed by atoms with Crippen LogP contribution in [0, 0.1) is 0 Å². The molecule has 1 heteroatoms. The van der Waals surface area contributed by atoms with E-state index in [1.54, 1.807) is 0 Å². The molecule has 0 bridgehead atoms. The highest BCUT2D eigenvalue weighted by molar-refractivity contribution is 6.10. The van der Waals surface area contributed by atoms with E-state index in [-0.39, 0.29) is 0 Å². The first kappa shape index (κ1) is 32.4. The van der Waals surface area contributed by atoms with Gasteiger partial charge in [0.2, 0.25) is 0 Å². The maximum atomic E-state index is 2.47. The zero-order chi connectivity index (χ0) is 36.6. The molecule has 0 atom stereocenters. The average Bonchev–Trinajstić information content (AvgIpc) is 3.61. The van der Waals surface area contributed by atoms with Gasteiger partial charge in [0, 0.05) is 16.3 Å². The highest BCUT2D eigenvalue weighted by Crippen LogP contribution is 2.45. The third kappa shape index (κ3) is 6.02. The lowest BCUT2D eigenvalue weighted by atomic mass is 9.86. The Hall–Kier alpha value is -7.22. The Balaban J connectivity index is 1.33. The molecule has 258 valence electrons. The Morgan fingerprint density at radius 3 is 1.00 bits per heavy atom. The lowest BCUT2D eigenvalue weighted by Crippen LogP contribution is -2.00. The fourth-order valence-corrected chi connectivity index (χ4v) is 8.20. The van der Waals surface area contributed by atoms with Crippen LogP contribution in [-0.2, 0) is 0 Å². The molecular weight excluding hydrogens is 663 g/mol. The van der Waals surface area contributed by atoms with Crippen molar-refractivity contribution in [3.8, 4) is 72.4 Å². The summed E-state index contributed by atoms with van der Waals surface area (Å²) < 4.78 is 2.47. The van der Waals surface area contributed by atoms with Crippen LogP contribution in [-0.4, -0.2) is 4.57 Å². The van der Waals surface area contributed by atoms with Crippen LogP contribution in [0.2, 0.25) is 0 Å². The predicted octanol–water partition coefficient (Wildman–Crippen LogP) is 14.8. The minimum atomic E-state index is 1.14. The van der Waals surface area contributed by atoms with E-state index in [1.807, 2.05) is 0 Å². The second kappa shape index (κ2) is 14.0. The van der Waals surface area contributed by atoms with E-state index in [2.05, 4.69) is 229 Å². The van der Waals surface area contributed by atoms with Crippen molar-refractivity contribution in [1.82, 2.24) is 4.57 Å². The minimum absolute atomic E-state index is 1.14. The molecule has 55 heavy (non-hydrogen) atoms. The van der Waals surface area contributed by atoms with Crippen molar-refractivity contribution in [3.63, 3.8) is 0 Å². The van der Waals surface area contributed by atoms with Gasteiger partial charge in [-0.2, -0.15) is 0 Å². The number of nitrogens with zero attached hydrogens (tertiary/aromatic N) is 1. The third-order valence-corrected chi connectivity index (χ3v) is 10.8. The van der Waals surface area contributed by atoms with Gasteiger partial charge in [-0.1, -0.05) is 170 Å². The number of hydrogen-bond acceptors (Lipinski definition) is 0. The van der Waals surface area contributed by atoms with Crippen LogP contribution in [0.15, 0.2) is 224 Å². The lowest BCUT2D eigenvalue weighted by Gasteiger charge is -2.21. The molecule has 0 radical (unpaired) electrons. The SMILES string of the molecule is c1ccc(-c2cc(-c3ccccc3)cc(-c3cccc(-n4c5ccccc5c5ccccc54)c3-c3cc(-c4ccccc4)cc(-c4ccccc4)c3)c2)cc1. The summed E-state index contributed by atoms with van der Waals surface area (Å²) in [5.74, 6) is 0. The summed E-state index contributed by atoms with van der Waals surface area (Å²) >= 11 is 0. The van der Waals surface area contributed by atoms with Gasteiger partial charge in [-0.05, 0) is 116 Å². The highest BCUT2D eigenvalue weighted by atomic mass is 15.0. The largest absolute Gasteiger partial charge is 0.309 e. The van der Waals surface area contributed by atoms with E-state index in [4.69, 9.17) is 0 Å². The van der Waals surface area contributed by atoms with Crippen molar-refractivity contribution in [2.24, 2.45) is 0 Å². The average molecular weight is 700 g/mol. The van der Waals surface area contributed by atoms with Crippen molar-refractivity contribution in [1.29, 1.82) is 0 Å². The molecule has 0 unspecified atom stereocenters. The third-order valence-electron chi connectivity index (χ3n) is 10.8. The van der Waals surface area contributed by atoms with Gasteiger partial charge in [0.05, 0.1) is 16.7 Å². The molecule has 0 aliphatic carbocycles. The molecule has 0 aliphatic rings. The Labute approximate surface area is 322 Å². The molecular formula is C54H37N. The zero-order valence-corrected chi connectivity index (χ0v) is 30.3. The molecule has 10 rings (SSSR count). The summed E-state index contributed by atoms with van der Waals surface area (Å²) in [6.07, 6.45) is 0. The summed E-state index contributed by atoms with van der Waals surface area (Å²) in [5, 5.41) is 2.49. The number of fused-ring (bicyclic) bond motifs is 3. The topological polar surface area (TPSA) is 4.93 Å². The normalized spacial score (nSPS) is 11.3. The molecule has 1 aromatic heterocycles. The van der Waals surface area contributed by atoms with Crippen LogP contribution in [0.25, 0.3) is 94.3 Å². The van der Waals surface area contributed by atoms with E-state index in [1.165, 1.54) is 88.6 Å². The zero-order valence-electron chi connectivity index (χ0n) is 30.3. The summed E-state index contributed by atoms with van der Waals surface area (Å²) in [7, 11) is 0. The standard InChI is InChI=1S/C54H37N/c1-5-18-38(19-6-1)42-32-43(39-20-7-2-8-21-39)35-46(34-42)48-28-17-31-53(55-51-29-15-13-26-49(51)50-27-14-16-30-52(50)55)54(48)47-36-44(40-22-9-3-10-23-40)33-45(37-47)41-24-11-4-12-25-41/h1-37H. The highest BCUT2D eigenvalue weighted by Gasteiger charge is 2.21. The van der Waals surface area contributed by atoms with E-state index in [9.17, 15) is 0 Å². The minimum Gasteiger partial charge on any atom is -0.309 e. The van der Waals surface area contributed by atoms with Crippen molar-refractivity contribution < 1.29 is 0 Å². The quantitative estimate of drug-likeness (QED) is 0.156. The Morgan fingerprint density at radius 2 is 0.582 bits per heavy atom. The second-order valence-electron chi connectivity index (χ2n) is 14.1. The van der Waals surface area contributed by atoms with Crippen LogP contribution in [0.4, 0.5) is 0 Å². The first-order valence-electron chi connectivity index (χ1n) is 18.9. The van der Waals surface area contributed by atoms with Crippen LogP contribution in [0.5, 0.6) is 0 Å². The first-order chi connectivity index (χ1) is 27.3. The van der Waals surface area contributed by atoms with E-state index >= 15 is 0 Å². The fraction of sp³-hybridized carbons (Fsp3) is 0. The smallest absolute Gasteiger partial charge is 0.0546 e. The maximum absolute atomic E-state index is 2.47. The molecule has 0 aliphatic heterocycles. The summed E-state index contributed by atoms with van der Waals surface area (Å²) in [4.78, 5) is 0. The van der Waals surface area contributed by atoms with Gasteiger partial charge in [-0.25, -0.2) is 0 Å². The van der Waals surface area contributed by atoms with Gasteiger partial charge in [0.15, 0.2) is 0 Å². The Kier molecular flexibility index (Phi) is 8.24. The van der Waals surface area contributed by atoms with Crippen LogP contribution in [0.1, 0.15) is 0 Å². The molecule has 0 saturated carbocycles. The predicted molar refractivity (Wildman–Crippen MR) is 233 cm³/mol. The van der Waals surface area contributed by atoms with Crippen molar-refractivity contribution in [2.75, 3.05) is 0 Å². The maximum Gasteiger partial charge on any atom is 0.0546 e. The molecule has 0 N–H and O–H groups in total. The van der Waals surface area contributed by atoms with Crippen molar-refractivity contribution >= 4 is 21.8 Å². The van der Waals surface area contributed by atoms with Crippen molar-refractivity contribution in [3.05, 3.63) is 224 Å². The molecule has 1 heterocycles. The van der Waals surface area contributed by atoms with E-state index in [0.717, 1.165) is 5.69 Å². The molecule has 9 aromatic carbocycles. The number of benzene rings is 9. The second-order valence-corrected chi connectivity index (χ2v) is 14.1. The molecule has 0 spiro atoms. The Morgan fingerprint density at radius 1 is 0.236 bits per heavy atom. The van der Waals surface area contributed by atoms with Crippen LogP contribution in [0.3, 0.4) is 0 Å². The van der Waals surface area contributed by atoms with E-state index in [0.29, 0.717) is 0 Å². The molecule has 1 nitrogen and oxygen atoms in total. The van der Waals surface area contributed by atoms with Gasteiger partial charge in [-0.15, -0.1) is 0 Å². The first-order valence-corrected chi connectivity index (χ1v) is 18.9. The van der Waals surface area contributed by atoms with Gasteiger partial charge >= 0.3 is 0 Å². The van der Waals surface area contributed by atoms with Gasteiger partial charge in [-0.3, -0.25) is 0 Å². The Bertz CT molecular complexity index is 2770. The van der Waals surface area contributed by atoms with Crippen LogP contribution >= 0.6 is 0 Å². The van der Waals surface area contributed by atoms with Crippen molar-refractivity contribution in [2.45, 2.75) is 0 Å². The number of rotatable bonds is 7. The summed E-state index contributed by atoms with van der Waals surface area (Å²) in [6.45, 7) is 0. The number of aromatic nitrogens is 1. The fourth-order valence-electron chi connectivity index (χ4n) is 8.20. The molecule has 0 saturated heterocycles. The molecule has 10 aromatic rings. The molecule has 0 amide bonds. The summed E-state index contributed by atoms with van der Waals surface area (Å²) in [6, 6.07) is 81.6. The molecule has 0 fully saturated rings. The number of para-hydroxylation sites is 2. The lowest BCUT2D eigenvalue weighted by molar-refractivity contribution is 1.18. The van der Waals surface area contributed by atoms with E-state index < -0.39 is 0 Å².